The second-order valence-corrected chi connectivity index (χ2v) is 6.10. The number of carbonyl (C=O) groups excluding carboxylic acids is 2. The first kappa shape index (κ1) is 20.3. The van der Waals surface area contributed by atoms with Crippen molar-refractivity contribution in [2.45, 2.75) is 32.2 Å². The summed E-state index contributed by atoms with van der Waals surface area (Å²) in [7, 11) is 3.38. The second-order valence-electron chi connectivity index (χ2n) is 6.10. The molecule has 1 saturated carbocycles. The van der Waals surface area contributed by atoms with E-state index in [1.54, 1.807) is 32.3 Å². The predicted molar refractivity (Wildman–Crippen MR) is 96.8 cm³/mol. The van der Waals surface area contributed by atoms with Crippen LogP contribution in [0.3, 0.4) is 0 Å². The Kier molecular flexibility index (Phi) is 7.51. The standard InChI is InChI=1S/C17H25N3O3.ClH/c1-4-23-15-8-6-12(17(22)20(2)3)10-14(15)19-16(21)11-5-7-13(18)9-11;/h6,8,10-11,13H,4-5,7,9,18H2,1-3H3,(H,19,21);1H. The van der Waals surface area contributed by atoms with Crippen LogP contribution >= 0.6 is 12.4 Å². The molecule has 0 radical (unpaired) electrons. The quantitative estimate of drug-likeness (QED) is 0.848. The maximum absolute atomic E-state index is 12.4. The molecule has 134 valence electrons. The number of nitrogens with one attached hydrogen (secondary N) is 1. The lowest BCUT2D eigenvalue weighted by Gasteiger charge is -2.17. The first-order valence-electron chi connectivity index (χ1n) is 7.97. The average molecular weight is 356 g/mol. The van der Waals surface area contributed by atoms with Crippen LogP contribution in [-0.2, 0) is 4.79 Å². The predicted octanol–water partition coefficient (Wildman–Crippen LogP) is 2.27. The molecule has 1 aromatic rings. The molecule has 0 aromatic heterocycles. The third-order valence-corrected chi connectivity index (χ3v) is 4.03. The van der Waals surface area contributed by atoms with Crippen LogP contribution in [0.5, 0.6) is 5.75 Å². The highest BCUT2D eigenvalue weighted by molar-refractivity contribution is 5.98. The lowest BCUT2D eigenvalue weighted by Crippen LogP contribution is -2.24. The molecule has 3 N–H and O–H groups in total. The Morgan fingerprint density at radius 1 is 1.33 bits per heavy atom. The van der Waals surface area contributed by atoms with Gasteiger partial charge in [0.25, 0.3) is 5.91 Å². The van der Waals surface area contributed by atoms with Gasteiger partial charge >= 0.3 is 0 Å². The number of ether oxygens (including phenoxy) is 1. The monoisotopic (exact) mass is 355 g/mol. The van der Waals surface area contributed by atoms with Gasteiger partial charge in [-0.2, -0.15) is 0 Å². The fraction of sp³-hybridized carbons (Fsp3) is 0.529. The summed E-state index contributed by atoms with van der Waals surface area (Å²) < 4.78 is 5.55. The molecule has 1 fully saturated rings. The molecule has 6 nitrogen and oxygen atoms in total. The van der Waals surface area contributed by atoms with Crippen molar-refractivity contribution < 1.29 is 14.3 Å². The summed E-state index contributed by atoms with van der Waals surface area (Å²) in [6, 6.07) is 5.18. The van der Waals surface area contributed by atoms with Gasteiger partial charge in [-0.3, -0.25) is 9.59 Å². The van der Waals surface area contributed by atoms with Crippen LogP contribution in [0.2, 0.25) is 0 Å². The maximum Gasteiger partial charge on any atom is 0.253 e. The number of carbonyl (C=O) groups is 2. The van der Waals surface area contributed by atoms with Crippen LogP contribution in [0.4, 0.5) is 5.69 Å². The number of hydrogen-bond donors (Lipinski definition) is 2. The van der Waals surface area contributed by atoms with Crippen molar-refractivity contribution in [3.8, 4) is 5.75 Å². The van der Waals surface area contributed by atoms with E-state index in [4.69, 9.17) is 10.5 Å². The highest BCUT2D eigenvalue weighted by atomic mass is 35.5. The van der Waals surface area contributed by atoms with E-state index in [9.17, 15) is 9.59 Å². The molecule has 0 bridgehead atoms. The van der Waals surface area contributed by atoms with Crippen LogP contribution in [0.15, 0.2) is 18.2 Å². The molecule has 1 aliphatic carbocycles. The summed E-state index contributed by atoms with van der Waals surface area (Å²) in [6.07, 6.45) is 2.37. The highest BCUT2D eigenvalue weighted by Gasteiger charge is 2.28. The van der Waals surface area contributed by atoms with Gasteiger partial charge in [0, 0.05) is 31.6 Å². The number of benzene rings is 1. The summed E-state index contributed by atoms with van der Waals surface area (Å²) >= 11 is 0. The first-order chi connectivity index (χ1) is 10.9. The van der Waals surface area contributed by atoms with E-state index in [0.29, 0.717) is 30.0 Å². The van der Waals surface area contributed by atoms with Gasteiger partial charge in [-0.05, 0) is 44.4 Å². The Morgan fingerprint density at radius 2 is 2.04 bits per heavy atom. The van der Waals surface area contributed by atoms with Crippen LogP contribution < -0.4 is 15.8 Å². The van der Waals surface area contributed by atoms with E-state index >= 15 is 0 Å². The number of halogens is 1. The molecular formula is C17H26ClN3O3. The third kappa shape index (κ3) is 4.85. The summed E-state index contributed by atoms with van der Waals surface area (Å²) in [4.78, 5) is 26.0. The number of hydrogen-bond acceptors (Lipinski definition) is 4. The largest absolute Gasteiger partial charge is 0.492 e. The van der Waals surface area contributed by atoms with Crippen LogP contribution in [0.1, 0.15) is 36.5 Å². The lowest BCUT2D eigenvalue weighted by molar-refractivity contribution is -0.119. The molecule has 24 heavy (non-hydrogen) atoms. The zero-order chi connectivity index (χ0) is 17.0. The van der Waals surface area contributed by atoms with Crippen molar-refractivity contribution in [2.75, 3.05) is 26.0 Å². The maximum atomic E-state index is 12.4. The Hall–Kier alpha value is -1.79. The van der Waals surface area contributed by atoms with Gasteiger partial charge in [-0.1, -0.05) is 0 Å². The highest BCUT2D eigenvalue weighted by Crippen LogP contribution is 2.30. The minimum absolute atomic E-state index is 0. The van der Waals surface area contributed by atoms with Gasteiger partial charge in [0.1, 0.15) is 5.75 Å². The zero-order valence-corrected chi connectivity index (χ0v) is 15.2. The topological polar surface area (TPSA) is 84.7 Å². The van der Waals surface area contributed by atoms with Gasteiger partial charge in [-0.25, -0.2) is 0 Å². The third-order valence-electron chi connectivity index (χ3n) is 4.03. The van der Waals surface area contributed by atoms with E-state index in [1.165, 1.54) is 4.90 Å². The van der Waals surface area contributed by atoms with E-state index < -0.39 is 0 Å². The molecule has 2 unspecified atom stereocenters. The summed E-state index contributed by atoms with van der Waals surface area (Å²) in [6.45, 7) is 2.36. The average Bonchev–Trinajstić information content (AvgIpc) is 2.95. The molecule has 0 spiro atoms. The second kappa shape index (κ2) is 8.89. The van der Waals surface area contributed by atoms with E-state index in [2.05, 4.69) is 5.32 Å². The summed E-state index contributed by atoms with van der Waals surface area (Å²) in [5.74, 6) is 0.311. The van der Waals surface area contributed by atoms with Crippen LogP contribution in [-0.4, -0.2) is 43.5 Å². The Morgan fingerprint density at radius 3 is 2.58 bits per heavy atom. The molecule has 1 aliphatic rings. The first-order valence-corrected chi connectivity index (χ1v) is 7.97. The molecule has 2 atom stereocenters. The van der Waals surface area contributed by atoms with Gasteiger partial charge in [0.15, 0.2) is 0 Å². The van der Waals surface area contributed by atoms with Crippen molar-refractivity contribution in [3.05, 3.63) is 23.8 Å². The minimum Gasteiger partial charge on any atom is -0.492 e. The molecule has 2 rings (SSSR count). The Bertz CT molecular complexity index is 592. The zero-order valence-electron chi connectivity index (χ0n) is 14.4. The minimum atomic E-state index is -0.119. The van der Waals surface area contributed by atoms with E-state index in [1.807, 2.05) is 6.92 Å². The number of rotatable bonds is 5. The van der Waals surface area contributed by atoms with Crippen molar-refractivity contribution in [1.29, 1.82) is 0 Å². The van der Waals surface area contributed by atoms with E-state index in [-0.39, 0.29) is 36.2 Å². The molecule has 0 saturated heterocycles. The number of anilines is 1. The lowest BCUT2D eigenvalue weighted by atomic mass is 10.1. The SMILES string of the molecule is CCOc1ccc(C(=O)N(C)C)cc1NC(=O)C1CCC(N)C1.Cl. The molecule has 0 heterocycles. The smallest absolute Gasteiger partial charge is 0.253 e. The summed E-state index contributed by atoms with van der Waals surface area (Å²) in [5.41, 5.74) is 6.92. The van der Waals surface area contributed by atoms with Crippen molar-refractivity contribution in [1.82, 2.24) is 4.90 Å². The number of nitrogens with two attached hydrogens (primary N) is 1. The molecule has 7 heteroatoms. The van der Waals surface area contributed by atoms with Crippen molar-refractivity contribution in [2.24, 2.45) is 11.7 Å². The van der Waals surface area contributed by atoms with Crippen LogP contribution in [0, 0.1) is 5.92 Å². The fourth-order valence-electron chi connectivity index (χ4n) is 2.79. The Balaban J connectivity index is 0.00000288. The summed E-state index contributed by atoms with van der Waals surface area (Å²) in [5, 5.41) is 2.90. The molecular weight excluding hydrogens is 330 g/mol. The Labute approximate surface area is 149 Å². The molecule has 1 aromatic carbocycles. The van der Waals surface area contributed by atoms with Crippen molar-refractivity contribution >= 4 is 29.9 Å². The molecule has 0 aliphatic heterocycles. The van der Waals surface area contributed by atoms with Crippen molar-refractivity contribution in [3.63, 3.8) is 0 Å². The normalized spacial score (nSPS) is 19.3. The number of amides is 2. The van der Waals surface area contributed by atoms with Gasteiger partial charge in [0.05, 0.1) is 12.3 Å². The number of nitrogens with zero attached hydrogens (tertiary/aromatic N) is 1. The van der Waals surface area contributed by atoms with E-state index in [0.717, 1.165) is 12.8 Å². The molecule has 2 amide bonds. The fourth-order valence-corrected chi connectivity index (χ4v) is 2.79. The van der Waals surface area contributed by atoms with Gasteiger partial charge in [-0.15, -0.1) is 12.4 Å². The van der Waals surface area contributed by atoms with Gasteiger partial charge in [0.2, 0.25) is 5.91 Å². The van der Waals surface area contributed by atoms with Gasteiger partial charge < -0.3 is 20.7 Å². The van der Waals surface area contributed by atoms with Crippen LogP contribution in [0.25, 0.3) is 0 Å².